The van der Waals surface area contributed by atoms with Crippen molar-refractivity contribution in [2.45, 2.75) is 37.8 Å². The van der Waals surface area contributed by atoms with Crippen LogP contribution < -0.4 is 0 Å². The van der Waals surface area contributed by atoms with Crippen molar-refractivity contribution < 1.29 is 18.7 Å². The molecule has 0 aromatic heterocycles. The van der Waals surface area contributed by atoms with Crippen molar-refractivity contribution >= 4 is 23.0 Å². The Bertz CT molecular complexity index is 544. The topological polar surface area (TPSA) is 46.6 Å². The average molecular weight is 325 g/mol. The summed E-state index contributed by atoms with van der Waals surface area (Å²) in [5.41, 5.74) is -0.0797. The molecule has 2 atom stereocenters. The summed E-state index contributed by atoms with van der Waals surface area (Å²) < 4.78 is 19.3. The molecule has 0 N–H and O–H groups in total. The number of carbonyl (C=O) groups is 2. The molecule has 1 amide bonds. The van der Waals surface area contributed by atoms with E-state index in [-0.39, 0.29) is 18.2 Å². The van der Waals surface area contributed by atoms with Gasteiger partial charge < -0.3 is 9.64 Å². The molecule has 4 nitrogen and oxygen atoms in total. The molecule has 0 bridgehead atoms. The molecule has 1 aromatic rings. The Morgan fingerprint density at radius 2 is 1.86 bits per heavy atom. The number of thioether (sulfide) groups is 1. The van der Waals surface area contributed by atoms with Crippen molar-refractivity contribution in [2.24, 2.45) is 0 Å². The number of likely N-dealkylation sites (tertiary alicyclic amines) is 1. The average Bonchev–Trinajstić information content (AvgIpc) is 2.79. The fraction of sp³-hybridized carbons (Fsp3) is 0.500. The highest BCUT2D eigenvalue weighted by molar-refractivity contribution is 8.14. The predicted molar refractivity (Wildman–Crippen MR) is 84.9 cm³/mol. The largest absolute Gasteiger partial charge is 0.444 e. The molecule has 22 heavy (non-hydrogen) atoms. The summed E-state index contributed by atoms with van der Waals surface area (Å²) >= 11 is 0.944. The van der Waals surface area contributed by atoms with Crippen molar-refractivity contribution in [2.75, 3.05) is 13.1 Å². The van der Waals surface area contributed by atoms with E-state index in [0.29, 0.717) is 5.56 Å². The molecule has 2 unspecified atom stereocenters. The maximum Gasteiger partial charge on any atom is 0.410 e. The zero-order valence-electron chi connectivity index (χ0n) is 12.9. The lowest BCUT2D eigenvalue weighted by molar-refractivity contribution is 0.0284. The van der Waals surface area contributed by atoms with Crippen LogP contribution in [0.5, 0.6) is 0 Å². The number of amides is 1. The van der Waals surface area contributed by atoms with Gasteiger partial charge in [0.05, 0.1) is 11.8 Å². The number of nitrogens with zero attached hydrogens (tertiary/aromatic N) is 1. The fourth-order valence-corrected chi connectivity index (χ4v) is 3.14. The molecular formula is C16H20FNO3S. The van der Waals surface area contributed by atoms with Gasteiger partial charge in [-0.3, -0.25) is 4.79 Å². The number of halogens is 1. The summed E-state index contributed by atoms with van der Waals surface area (Å²) in [6, 6.07) is 8.75. The van der Waals surface area contributed by atoms with Gasteiger partial charge >= 0.3 is 6.09 Å². The van der Waals surface area contributed by atoms with Crippen LogP contribution >= 0.6 is 11.8 Å². The summed E-state index contributed by atoms with van der Waals surface area (Å²) in [6.07, 6.45) is -1.77. The first-order valence-corrected chi connectivity index (χ1v) is 8.02. The summed E-state index contributed by atoms with van der Waals surface area (Å²) in [5, 5.41) is -0.737. The molecule has 120 valence electrons. The molecule has 1 aromatic carbocycles. The van der Waals surface area contributed by atoms with Crippen molar-refractivity contribution in [3.05, 3.63) is 35.9 Å². The number of benzene rings is 1. The van der Waals surface area contributed by atoms with Crippen molar-refractivity contribution in [3.63, 3.8) is 0 Å². The zero-order chi connectivity index (χ0) is 16.3. The smallest absolute Gasteiger partial charge is 0.410 e. The summed E-state index contributed by atoms with van der Waals surface area (Å²) in [4.78, 5) is 25.4. The highest BCUT2D eigenvalue weighted by Gasteiger charge is 2.39. The van der Waals surface area contributed by atoms with Crippen LogP contribution in [0.15, 0.2) is 30.3 Å². The summed E-state index contributed by atoms with van der Waals surface area (Å²) in [7, 11) is 0. The molecular weight excluding hydrogens is 305 g/mol. The number of rotatable bonds is 2. The highest BCUT2D eigenvalue weighted by Crippen LogP contribution is 2.29. The van der Waals surface area contributed by atoms with E-state index in [1.54, 1.807) is 45.0 Å². The molecule has 0 aliphatic carbocycles. The van der Waals surface area contributed by atoms with Gasteiger partial charge in [-0.25, -0.2) is 9.18 Å². The lowest BCUT2D eigenvalue weighted by atomic mass is 10.2. The van der Waals surface area contributed by atoms with Gasteiger partial charge in [-0.2, -0.15) is 0 Å². The van der Waals surface area contributed by atoms with Gasteiger partial charge in [0.1, 0.15) is 11.8 Å². The van der Waals surface area contributed by atoms with Crippen molar-refractivity contribution in [3.8, 4) is 0 Å². The first kappa shape index (κ1) is 16.8. The van der Waals surface area contributed by atoms with E-state index in [2.05, 4.69) is 0 Å². The third kappa shape index (κ3) is 4.47. The maximum atomic E-state index is 14.1. The van der Waals surface area contributed by atoms with Gasteiger partial charge in [0.15, 0.2) is 0 Å². The molecule has 2 rings (SSSR count). The molecule has 1 fully saturated rings. The first-order chi connectivity index (χ1) is 10.3. The van der Waals surface area contributed by atoms with Gasteiger partial charge in [-0.15, -0.1) is 0 Å². The quantitative estimate of drug-likeness (QED) is 0.835. The van der Waals surface area contributed by atoms with E-state index in [9.17, 15) is 14.0 Å². The van der Waals surface area contributed by atoms with E-state index in [1.807, 2.05) is 6.07 Å². The Morgan fingerprint density at radius 1 is 1.23 bits per heavy atom. The van der Waals surface area contributed by atoms with Crippen LogP contribution in [0.4, 0.5) is 9.18 Å². The highest BCUT2D eigenvalue weighted by atomic mass is 32.2. The summed E-state index contributed by atoms with van der Waals surface area (Å²) in [6.45, 7) is 5.44. The van der Waals surface area contributed by atoms with Gasteiger partial charge in [0.25, 0.3) is 0 Å². The fourth-order valence-electron chi connectivity index (χ4n) is 2.10. The van der Waals surface area contributed by atoms with Crippen molar-refractivity contribution in [1.29, 1.82) is 0 Å². The van der Waals surface area contributed by atoms with Crippen LogP contribution in [0.2, 0.25) is 0 Å². The minimum atomic E-state index is -1.23. The van der Waals surface area contributed by atoms with Crippen LogP contribution in [0, 0.1) is 0 Å². The molecule has 1 aliphatic heterocycles. The van der Waals surface area contributed by atoms with E-state index in [0.717, 1.165) is 11.8 Å². The van der Waals surface area contributed by atoms with Crippen LogP contribution in [-0.4, -0.2) is 46.2 Å². The van der Waals surface area contributed by atoms with Crippen LogP contribution in [0.25, 0.3) is 0 Å². The molecule has 6 heteroatoms. The van der Waals surface area contributed by atoms with Crippen LogP contribution in [-0.2, 0) is 4.74 Å². The van der Waals surface area contributed by atoms with Gasteiger partial charge in [-0.05, 0) is 20.8 Å². The van der Waals surface area contributed by atoms with E-state index < -0.39 is 23.1 Å². The van der Waals surface area contributed by atoms with E-state index in [4.69, 9.17) is 4.74 Å². The monoisotopic (exact) mass is 325 g/mol. The number of ether oxygens (including phenoxy) is 1. The number of carbonyl (C=O) groups excluding carboxylic acids is 2. The Kier molecular flexibility index (Phi) is 5.11. The molecule has 0 saturated carbocycles. The number of hydrogen-bond donors (Lipinski definition) is 0. The van der Waals surface area contributed by atoms with Gasteiger partial charge in [0, 0.05) is 12.1 Å². The molecule has 0 radical (unpaired) electrons. The van der Waals surface area contributed by atoms with E-state index >= 15 is 0 Å². The molecule has 1 saturated heterocycles. The second-order valence-electron chi connectivity index (χ2n) is 6.21. The molecule has 1 heterocycles. The van der Waals surface area contributed by atoms with Crippen LogP contribution in [0.1, 0.15) is 31.1 Å². The lowest BCUT2D eigenvalue weighted by Gasteiger charge is -2.24. The number of hydrogen-bond acceptors (Lipinski definition) is 4. The second kappa shape index (κ2) is 6.69. The van der Waals surface area contributed by atoms with Crippen molar-refractivity contribution in [1.82, 2.24) is 4.90 Å². The minimum absolute atomic E-state index is 0.0331. The SMILES string of the molecule is CC(C)(C)OC(=O)N1CC(F)C(SC(=O)c2ccccc2)C1. The maximum absolute atomic E-state index is 14.1. The molecule has 1 aliphatic rings. The molecule has 0 spiro atoms. The van der Waals surface area contributed by atoms with Gasteiger partial charge in [0.2, 0.25) is 5.12 Å². The summed E-state index contributed by atoms with van der Waals surface area (Å²) in [5.74, 6) is 0. The Labute approximate surface area is 134 Å². The minimum Gasteiger partial charge on any atom is -0.444 e. The van der Waals surface area contributed by atoms with E-state index in [1.165, 1.54) is 4.90 Å². The normalized spacial score (nSPS) is 21.7. The Hall–Kier alpha value is -1.56. The van der Waals surface area contributed by atoms with Crippen LogP contribution in [0.3, 0.4) is 0 Å². The zero-order valence-corrected chi connectivity index (χ0v) is 13.7. The predicted octanol–water partition coefficient (Wildman–Crippen LogP) is 3.52. The second-order valence-corrected chi connectivity index (χ2v) is 7.42. The lowest BCUT2D eigenvalue weighted by Crippen LogP contribution is -2.35. The number of alkyl halides is 1. The standard InChI is InChI=1S/C16H20FNO3S/c1-16(2,3)21-15(20)18-9-12(17)13(10-18)22-14(19)11-7-5-4-6-8-11/h4-8,12-13H,9-10H2,1-3H3. The van der Waals surface area contributed by atoms with Gasteiger partial charge in [-0.1, -0.05) is 42.1 Å². The third-order valence-corrected chi connectivity index (χ3v) is 4.32. The first-order valence-electron chi connectivity index (χ1n) is 7.14. The Balaban J connectivity index is 1.94. The Morgan fingerprint density at radius 3 is 2.45 bits per heavy atom. The third-order valence-electron chi connectivity index (χ3n) is 3.12.